The fourth-order valence-electron chi connectivity index (χ4n) is 2.32. The molecule has 0 spiro atoms. The molecule has 0 unspecified atom stereocenters. The number of benzene rings is 1. The van der Waals surface area contributed by atoms with Gasteiger partial charge in [0, 0.05) is 32.0 Å². The number of hydrogen-bond acceptors (Lipinski definition) is 3. The Hall–Kier alpha value is -1.65. The summed E-state index contributed by atoms with van der Waals surface area (Å²) in [6.07, 6.45) is 7.91. The van der Waals surface area contributed by atoms with Crippen LogP contribution < -0.4 is 5.73 Å². The maximum absolute atomic E-state index is 5.64. The van der Waals surface area contributed by atoms with E-state index in [1.165, 1.54) is 5.56 Å². The molecule has 0 fully saturated rings. The number of nitrogens with two attached hydrogens (primary N) is 1. The van der Waals surface area contributed by atoms with Gasteiger partial charge >= 0.3 is 0 Å². The van der Waals surface area contributed by atoms with E-state index in [0.717, 1.165) is 45.6 Å². The lowest BCUT2D eigenvalue weighted by Crippen LogP contribution is -2.27. The summed E-state index contributed by atoms with van der Waals surface area (Å²) in [5.74, 6) is 0. The molecule has 4 nitrogen and oxygen atoms in total. The third-order valence-electron chi connectivity index (χ3n) is 3.38. The minimum absolute atomic E-state index is 0.757. The van der Waals surface area contributed by atoms with Gasteiger partial charge in [-0.2, -0.15) is 0 Å². The van der Waals surface area contributed by atoms with Gasteiger partial charge in [-0.15, -0.1) is 0 Å². The molecule has 2 N–H and O–H groups in total. The molecule has 0 saturated heterocycles. The lowest BCUT2D eigenvalue weighted by Gasteiger charge is -2.22. The molecule has 4 heteroatoms. The second kappa shape index (κ2) is 8.51. The van der Waals surface area contributed by atoms with Gasteiger partial charge in [-0.05, 0) is 31.5 Å². The zero-order valence-electron chi connectivity index (χ0n) is 12.0. The van der Waals surface area contributed by atoms with Gasteiger partial charge in [0.1, 0.15) is 0 Å². The first kappa shape index (κ1) is 14.8. The Morgan fingerprint density at radius 2 is 1.90 bits per heavy atom. The van der Waals surface area contributed by atoms with Crippen LogP contribution in [0.3, 0.4) is 0 Å². The van der Waals surface area contributed by atoms with Crippen LogP contribution in [0, 0.1) is 0 Å². The summed E-state index contributed by atoms with van der Waals surface area (Å²) in [4.78, 5) is 6.56. The number of rotatable bonds is 9. The van der Waals surface area contributed by atoms with Gasteiger partial charge in [-0.3, -0.25) is 4.90 Å². The SMILES string of the molecule is NCCCN(CCCn1ccnc1)Cc1ccccc1. The van der Waals surface area contributed by atoms with E-state index in [0.29, 0.717) is 0 Å². The van der Waals surface area contributed by atoms with Crippen LogP contribution in [0.15, 0.2) is 49.1 Å². The number of aryl methyl sites for hydroxylation is 1. The van der Waals surface area contributed by atoms with Gasteiger partial charge in [0.05, 0.1) is 6.33 Å². The van der Waals surface area contributed by atoms with E-state index >= 15 is 0 Å². The van der Waals surface area contributed by atoms with Crippen molar-refractivity contribution >= 4 is 0 Å². The van der Waals surface area contributed by atoms with Crippen molar-refractivity contribution in [3.8, 4) is 0 Å². The van der Waals surface area contributed by atoms with Gasteiger partial charge in [0.2, 0.25) is 0 Å². The third kappa shape index (κ3) is 5.15. The Kier molecular flexibility index (Phi) is 6.27. The maximum Gasteiger partial charge on any atom is 0.0945 e. The highest BCUT2D eigenvalue weighted by Gasteiger charge is 2.05. The quantitative estimate of drug-likeness (QED) is 0.760. The number of aromatic nitrogens is 2. The summed E-state index contributed by atoms with van der Waals surface area (Å²) in [5, 5.41) is 0. The van der Waals surface area contributed by atoms with Crippen molar-refractivity contribution < 1.29 is 0 Å². The molecule has 0 atom stereocenters. The molecule has 0 radical (unpaired) electrons. The van der Waals surface area contributed by atoms with E-state index in [-0.39, 0.29) is 0 Å². The number of imidazole rings is 1. The molecule has 1 aromatic heterocycles. The van der Waals surface area contributed by atoms with Crippen LogP contribution in [0.25, 0.3) is 0 Å². The maximum atomic E-state index is 5.64. The highest BCUT2D eigenvalue weighted by Crippen LogP contribution is 2.06. The molecule has 0 bridgehead atoms. The van der Waals surface area contributed by atoms with Crippen molar-refractivity contribution in [1.29, 1.82) is 0 Å². The van der Waals surface area contributed by atoms with Crippen molar-refractivity contribution in [2.24, 2.45) is 5.73 Å². The summed E-state index contributed by atoms with van der Waals surface area (Å²) in [5.41, 5.74) is 7.00. The highest BCUT2D eigenvalue weighted by molar-refractivity contribution is 5.14. The molecule has 1 heterocycles. The summed E-state index contributed by atoms with van der Waals surface area (Å²) in [6.45, 7) is 4.94. The van der Waals surface area contributed by atoms with Crippen molar-refractivity contribution in [3.63, 3.8) is 0 Å². The summed E-state index contributed by atoms with van der Waals surface area (Å²) >= 11 is 0. The van der Waals surface area contributed by atoms with E-state index in [1.54, 1.807) is 0 Å². The second-order valence-corrected chi connectivity index (χ2v) is 5.06. The summed E-state index contributed by atoms with van der Waals surface area (Å²) in [6, 6.07) is 10.6. The predicted octanol–water partition coefficient (Wildman–Crippen LogP) is 2.12. The number of hydrogen-bond donors (Lipinski definition) is 1. The second-order valence-electron chi connectivity index (χ2n) is 5.06. The van der Waals surface area contributed by atoms with Gasteiger partial charge in [-0.1, -0.05) is 30.3 Å². The molecule has 108 valence electrons. The Bertz CT molecular complexity index is 453. The standard InChI is InChI=1S/C16H24N4/c17-8-4-10-19(14-16-6-2-1-3-7-16)11-5-12-20-13-9-18-15-20/h1-3,6-7,9,13,15H,4-5,8,10-12,14,17H2. The topological polar surface area (TPSA) is 47.1 Å². The van der Waals surface area contributed by atoms with Gasteiger partial charge in [0.15, 0.2) is 0 Å². The van der Waals surface area contributed by atoms with Gasteiger partial charge in [-0.25, -0.2) is 4.98 Å². The van der Waals surface area contributed by atoms with E-state index in [2.05, 4.69) is 44.8 Å². The van der Waals surface area contributed by atoms with Crippen LogP contribution in [0.4, 0.5) is 0 Å². The van der Waals surface area contributed by atoms with E-state index in [9.17, 15) is 0 Å². The van der Waals surface area contributed by atoms with E-state index in [1.807, 2.05) is 18.7 Å². The van der Waals surface area contributed by atoms with Crippen LogP contribution in [-0.2, 0) is 13.1 Å². The van der Waals surface area contributed by atoms with E-state index in [4.69, 9.17) is 5.73 Å². The molecule has 1 aromatic carbocycles. The molecule has 2 rings (SSSR count). The van der Waals surface area contributed by atoms with Crippen molar-refractivity contribution in [2.45, 2.75) is 25.9 Å². The average Bonchev–Trinajstić information content (AvgIpc) is 2.99. The zero-order chi connectivity index (χ0) is 14.0. The summed E-state index contributed by atoms with van der Waals surface area (Å²) in [7, 11) is 0. The molecule has 0 aliphatic rings. The Labute approximate surface area is 121 Å². The molecular formula is C16H24N4. The van der Waals surface area contributed by atoms with Gasteiger partial charge in [0.25, 0.3) is 0 Å². The van der Waals surface area contributed by atoms with Crippen molar-refractivity contribution in [1.82, 2.24) is 14.5 Å². The van der Waals surface area contributed by atoms with E-state index < -0.39 is 0 Å². The fraction of sp³-hybridized carbons (Fsp3) is 0.438. The average molecular weight is 272 g/mol. The van der Waals surface area contributed by atoms with Crippen LogP contribution in [0.2, 0.25) is 0 Å². The van der Waals surface area contributed by atoms with Crippen molar-refractivity contribution in [3.05, 3.63) is 54.6 Å². The number of nitrogens with zero attached hydrogens (tertiary/aromatic N) is 3. The molecule has 0 aliphatic heterocycles. The Morgan fingerprint density at radius 3 is 2.60 bits per heavy atom. The van der Waals surface area contributed by atoms with Crippen LogP contribution in [-0.4, -0.2) is 34.1 Å². The first-order valence-electron chi connectivity index (χ1n) is 7.30. The lowest BCUT2D eigenvalue weighted by molar-refractivity contribution is 0.255. The molecular weight excluding hydrogens is 248 g/mol. The zero-order valence-corrected chi connectivity index (χ0v) is 12.0. The molecule has 20 heavy (non-hydrogen) atoms. The third-order valence-corrected chi connectivity index (χ3v) is 3.38. The normalized spacial score (nSPS) is 11.1. The summed E-state index contributed by atoms with van der Waals surface area (Å²) < 4.78 is 2.13. The predicted molar refractivity (Wildman–Crippen MR) is 82.2 cm³/mol. The van der Waals surface area contributed by atoms with Gasteiger partial charge < -0.3 is 10.3 Å². The monoisotopic (exact) mass is 272 g/mol. The molecule has 0 saturated carbocycles. The van der Waals surface area contributed by atoms with Crippen LogP contribution in [0.5, 0.6) is 0 Å². The molecule has 0 aliphatic carbocycles. The lowest BCUT2D eigenvalue weighted by atomic mass is 10.2. The fourth-order valence-corrected chi connectivity index (χ4v) is 2.32. The first-order valence-corrected chi connectivity index (χ1v) is 7.30. The Balaban J connectivity index is 1.80. The minimum atomic E-state index is 0.757. The first-order chi connectivity index (χ1) is 9.88. The Morgan fingerprint density at radius 1 is 1.10 bits per heavy atom. The molecule has 0 amide bonds. The highest BCUT2D eigenvalue weighted by atomic mass is 15.1. The van der Waals surface area contributed by atoms with Crippen LogP contribution in [0.1, 0.15) is 18.4 Å². The smallest absolute Gasteiger partial charge is 0.0945 e. The minimum Gasteiger partial charge on any atom is -0.337 e. The van der Waals surface area contributed by atoms with Crippen LogP contribution >= 0.6 is 0 Å². The molecule has 2 aromatic rings. The largest absolute Gasteiger partial charge is 0.337 e. The van der Waals surface area contributed by atoms with Crippen molar-refractivity contribution in [2.75, 3.05) is 19.6 Å².